The van der Waals surface area contributed by atoms with Gasteiger partial charge in [-0.25, -0.2) is 4.39 Å². The third-order valence-corrected chi connectivity index (χ3v) is 4.17. The molecule has 0 atom stereocenters. The maximum atomic E-state index is 13.4. The number of hydrogen-bond donors (Lipinski definition) is 0. The van der Waals surface area contributed by atoms with Crippen LogP contribution in [0.3, 0.4) is 0 Å². The van der Waals surface area contributed by atoms with E-state index < -0.39 is 0 Å². The number of nitrogens with zero attached hydrogens (tertiary/aromatic N) is 1. The summed E-state index contributed by atoms with van der Waals surface area (Å²) in [5, 5.41) is 0. The molecule has 0 saturated carbocycles. The average molecular weight is 360 g/mol. The molecule has 0 amide bonds. The molecule has 0 bridgehead atoms. The van der Waals surface area contributed by atoms with Gasteiger partial charge in [0.2, 0.25) is 0 Å². The summed E-state index contributed by atoms with van der Waals surface area (Å²) in [6.07, 6.45) is 3.67. The molecular weight excluding hydrogens is 333 g/mol. The van der Waals surface area contributed by atoms with Crippen molar-refractivity contribution in [2.45, 2.75) is 32.6 Å². The van der Waals surface area contributed by atoms with Gasteiger partial charge in [-0.3, -0.25) is 4.79 Å². The molecule has 1 aromatic carbocycles. The molecule has 6 heteroatoms. The molecule has 1 heterocycles. The maximum absolute atomic E-state index is 13.4. The smallest absolute Gasteiger partial charge is 0.309 e. The van der Waals surface area contributed by atoms with E-state index in [0.29, 0.717) is 19.0 Å². The van der Waals surface area contributed by atoms with E-state index in [-0.39, 0.29) is 30.1 Å². The van der Waals surface area contributed by atoms with Crippen LogP contribution >= 0.6 is 12.4 Å². The number of halogens is 2. The normalized spacial score (nSPS) is 15.6. The lowest BCUT2D eigenvalue weighted by atomic mass is 9.97. The van der Waals surface area contributed by atoms with Crippen LogP contribution in [0.2, 0.25) is 0 Å². The topological polar surface area (TPSA) is 38.8 Å². The van der Waals surface area contributed by atoms with Crippen LogP contribution in [0.25, 0.3) is 0 Å². The fraction of sp³-hybridized carbons (Fsp3) is 0.611. The van der Waals surface area contributed by atoms with Gasteiger partial charge in [0.05, 0.1) is 19.1 Å². The Bertz CT molecular complexity index is 493. The Morgan fingerprint density at radius 3 is 2.62 bits per heavy atom. The second-order valence-electron chi connectivity index (χ2n) is 5.85. The Hall–Kier alpha value is -1.33. The van der Waals surface area contributed by atoms with Gasteiger partial charge in [0, 0.05) is 0 Å². The molecule has 0 aliphatic carbocycles. The summed E-state index contributed by atoms with van der Waals surface area (Å²) in [5.74, 6) is 0.0253. The molecule has 0 spiro atoms. The van der Waals surface area contributed by atoms with E-state index in [9.17, 15) is 9.18 Å². The van der Waals surface area contributed by atoms with E-state index in [0.717, 1.165) is 45.3 Å². The van der Waals surface area contributed by atoms with Crippen LogP contribution in [0.1, 0.15) is 32.6 Å². The first-order valence-corrected chi connectivity index (χ1v) is 8.47. The van der Waals surface area contributed by atoms with Crippen molar-refractivity contribution in [1.82, 2.24) is 4.90 Å². The molecule has 0 aromatic heterocycles. The minimum Gasteiger partial charge on any atom is -0.491 e. The molecule has 0 radical (unpaired) electrons. The van der Waals surface area contributed by atoms with E-state index in [1.807, 2.05) is 6.92 Å². The van der Waals surface area contributed by atoms with Gasteiger partial charge in [-0.15, -0.1) is 12.4 Å². The van der Waals surface area contributed by atoms with Gasteiger partial charge in [0.1, 0.15) is 0 Å². The highest BCUT2D eigenvalue weighted by Gasteiger charge is 2.25. The summed E-state index contributed by atoms with van der Waals surface area (Å²) in [5.41, 5.74) is 0. The van der Waals surface area contributed by atoms with E-state index in [2.05, 4.69) is 4.90 Å². The summed E-state index contributed by atoms with van der Waals surface area (Å²) in [7, 11) is 0. The zero-order valence-electron chi connectivity index (χ0n) is 14.2. The second kappa shape index (κ2) is 11.3. The standard InChI is InChI=1S/C18H26FNO3.ClH/c1-2-22-18(21)15-9-12-20(13-10-15)11-5-6-14-23-17-8-4-3-7-16(17)19;/h3-4,7-8,15H,2,5-6,9-14H2,1H3;1H. The minimum absolute atomic E-state index is 0. The van der Waals surface area contributed by atoms with Crippen LogP contribution in [0, 0.1) is 11.7 Å². The van der Waals surface area contributed by atoms with E-state index >= 15 is 0 Å². The quantitative estimate of drug-likeness (QED) is 0.524. The summed E-state index contributed by atoms with van der Waals surface area (Å²) in [4.78, 5) is 14.1. The van der Waals surface area contributed by atoms with Gasteiger partial charge in [-0.05, 0) is 64.4 Å². The highest BCUT2D eigenvalue weighted by molar-refractivity contribution is 5.85. The van der Waals surface area contributed by atoms with Crippen molar-refractivity contribution < 1.29 is 18.7 Å². The van der Waals surface area contributed by atoms with Crippen LogP contribution < -0.4 is 4.74 Å². The lowest BCUT2D eigenvalue weighted by Crippen LogP contribution is -2.37. The lowest BCUT2D eigenvalue weighted by Gasteiger charge is -2.30. The van der Waals surface area contributed by atoms with Crippen molar-refractivity contribution in [2.75, 3.05) is 32.8 Å². The molecule has 1 fully saturated rings. The van der Waals surface area contributed by atoms with Gasteiger partial charge in [-0.1, -0.05) is 12.1 Å². The van der Waals surface area contributed by atoms with Crippen LogP contribution in [-0.4, -0.2) is 43.7 Å². The molecular formula is C18H27ClFNO3. The number of likely N-dealkylation sites (tertiary alicyclic amines) is 1. The third-order valence-electron chi connectivity index (χ3n) is 4.17. The number of carbonyl (C=O) groups is 1. The Balaban J connectivity index is 0.00000288. The minimum atomic E-state index is -0.312. The molecule has 0 N–H and O–H groups in total. The summed E-state index contributed by atoms with van der Waals surface area (Å²) in [6, 6.07) is 6.48. The Morgan fingerprint density at radius 2 is 1.96 bits per heavy atom. The van der Waals surface area contributed by atoms with E-state index in [1.165, 1.54) is 6.07 Å². The number of esters is 1. The highest BCUT2D eigenvalue weighted by Crippen LogP contribution is 2.19. The molecule has 1 saturated heterocycles. The van der Waals surface area contributed by atoms with Gasteiger partial charge < -0.3 is 14.4 Å². The predicted molar refractivity (Wildman–Crippen MR) is 94.2 cm³/mol. The molecule has 1 aromatic rings. The number of ether oxygens (including phenoxy) is 2. The van der Waals surface area contributed by atoms with Gasteiger partial charge in [-0.2, -0.15) is 0 Å². The first kappa shape index (κ1) is 20.7. The Morgan fingerprint density at radius 1 is 1.25 bits per heavy atom. The van der Waals surface area contributed by atoms with E-state index in [1.54, 1.807) is 18.2 Å². The number of unbranched alkanes of at least 4 members (excludes halogenated alkanes) is 1. The van der Waals surface area contributed by atoms with E-state index in [4.69, 9.17) is 9.47 Å². The number of benzene rings is 1. The van der Waals surface area contributed by atoms with Gasteiger partial charge in [0.15, 0.2) is 11.6 Å². The summed E-state index contributed by atoms with van der Waals surface area (Å²) in [6.45, 7) is 5.71. The van der Waals surface area contributed by atoms with Gasteiger partial charge >= 0.3 is 5.97 Å². The Kier molecular flexibility index (Phi) is 9.72. The van der Waals surface area contributed by atoms with Crippen LogP contribution in [0.15, 0.2) is 24.3 Å². The number of carbonyl (C=O) groups excluding carboxylic acids is 1. The van der Waals surface area contributed by atoms with Crippen LogP contribution in [0.4, 0.5) is 4.39 Å². The van der Waals surface area contributed by atoms with Crippen molar-refractivity contribution in [3.63, 3.8) is 0 Å². The first-order chi connectivity index (χ1) is 11.2. The number of piperidine rings is 1. The van der Waals surface area contributed by atoms with Crippen LogP contribution in [0.5, 0.6) is 5.75 Å². The molecule has 24 heavy (non-hydrogen) atoms. The molecule has 0 unspecified atom stereocenters. The SMILES string of the molecule is CCOC(=O)C1CCN(CCCCOc2ccccc2F)CC1.Cl. The largest absolute Gasteiger partial charge is 0.491 e. The molecule has 4 nitrogen and oxygen atoms in total. The summed E-state index contributed by atoms with van der Waals surface area (Å²) < 4.78 is 23.9. The fourth-order valence-electron chi connectivity index (χ4n) is 2.83. The van der Waals surface area contributed by atoms with Gasteiger partial charge in [0.25, 0.3) is 0 Å². The predicted octanol–water partition coefficient (Wildman–Crippen LogP) is 3.68. The zero-order valence-corrected chi connectivity index (χ0v) is 15.0. The number of hydrogen-bond acceptors (Lipinski definition) is 4. The van der Waals surface area contributed by atoms with Crippen molar-refractivity contribution in [3.8, 4) is 5.75 Å². The fourth-order valence-corrected chi connectivity index (χ4v) is 2.83. The highest BCUT2D eigenvalue weighted by atomic mass is 35.5. The second-order valence-corrected chi connectivity index (χ2v) is 5.85. The lowest BCUT2D eigenvalue weighted by molar-refractivity contribution is -0.149. The Labute approximate surface area is 149 Å². The number of para-hydroxylation sites is 1. The molecule has 1 aliphatic rings. The molecule has 1 aliphatic heterocycles. The summed E-state index contributed by atoms with van der Waals surface area (Å²) >= 11 is 0. The number of rotatable bonds is 8. The average Bonchev–Trinajstić information content (AvgIpc) is 2.57. The third kappa shape index (κ3) is 6.65. The molecule has 136 valence electrons. The van der Waals surface area contributed by atoms with Crippen molar-refractivity contribution >= 4 is 18.4 Å². The first-order valence-electron chi connectivity index (χ1n) is 8.47. The maximum Gasteiger partial charge on any atom is 0.309 e. The monoisotopic (exact) mass is 359 g/mol. The molecule has 2 rings (SSSR count). The van der Waals surface area contributed by atoms with Crippen LogP contribution in [-0.2, 0) is 9.53 Å². The zero-order chi connectivity index (χ0) is 16.5. The van der Waals surface area contributed by atoms with Crippen molar-refractivity contribution in [3.05, 3.63) is 30.1 Å². The van der Waals surface area contributed by atoms with Crippen molar-refractivity contribution in [1.29, 1.82) is 0 Å². The van der Waals surface area contributed by atoms with Crippen molar-refractivity contribution in [2.24, 2.45) is 5.92 Å².